The molecule has 0 radical (unpaired) electrons. The van der Waals surface area contributed by atoms with E-state index in [4.69, 9.17) is 9.84 Å². The van der Waals surface area contributed by atoms with Crippen LogP contribution in [0.1, 0.15) is 0 Å². The number of aliphatic carboxylic acids is 1. The van der Waals surface area contributed by atoms with Gasteiger partial charge in [0, 0.05) is 24.8 Å². The molecule has 0 aliphatic heterocycles. The lowest BCUT2D eigenvalue weighted by Crippen LogP contribution is -2.39. The first kappa shape index (κ1) is 15.7. The lowest BCUT2D eigenvalue weighted by atomic mass is 10.2. The molecule has 7 nitrogen and oxygen atoms in total. The van der Waals surface area contributed by atoms with Crippen LogP contribution in [-0.2, 0) is 20.9 Å². The van der Waals surface area contributed by atoms with Gasteiger partial charge in [0.1, 0.15) is 6.54 Å². The molecule has 0 spiro atoms. The first-order chi connectivity index (χ1) is 10.5. The summed E-state index contributed by atoms with van der Waals surface area (Å²) in [5, 5.41) is 11.9. The molecule has 2 N–H and O–H groups in total. The van der Waals surface area contributed by atoms with E-state index in [1.165, 1.54) is 19.4 Å². The van der Waals surface area contributed by atoms with E-state index in [-0.39, 0.29) is 24.4 Å². The maximum Gasteiger partial charge on any atom is 0.334 e. The van der Waals surface area contributed by atoms with Crippen molar-refractivity contribution in [1.29, 1.82) is 0 Å². The van der Waals surface area contributed by atoms with E-state index in [1.54, 1.807) is 28.8 Å². The Bertz CT molecular complexity index is 753. The van der Waals surface area contributed by atoms with Gasteiger partial charge in [0.05, 0.1) is 12.1 Å². The number of nitrogens with zero attached hydrogens (tertiary/aromatic N) is 1. The summed E-state index contributed by atoms with van der Waals surface area (Å²) >= 11 is 0. The van der Waals surface area contributed by atoms with Gasteiger partial charge in [0.25, 0.3) is 0 Å². The fraction of sp³-hybridized carbons (Fsp3) is 0.267. The molecule has 0 aliphatic carbocycles. The Morgan fingerprint density at radius 3 is 2.73 bits per heavy atom. The van der Waals surface area contributed by atoms with Gasteiger partial charge in [0.2, 0.25) is 5.91 Å². The quantitative estimate of drug-likeness (QED) is 0.795. The zero-order chi connectivity index (χ0) is 16.1. The van der Waals surface area contributed by atoms with Crippen LogP contribution in [0.2, 0.25) is 0 Å². The zero-order valence-electron chi connectivity index (χ0n) is 12.0. The fourth-order valence-corrected chi connectivity index (χ4v) is 2.09. The van der Waals surface area contributed by atoms with E-state index in [0.717, 1.165) is 0 Å². The number of para-hydroxylation sites is 1. The Labute approximate surface area is 126 Å². The minimum atomic E-state index is -1.14. The van der Waals surface area contributed by atoms with Gasteiger partial charge >= 0.3 is 5.97 Å². The molecule has 2 rings (SSSR count). The first-order valence-electron chi connectivity index (χ1n) is 6.63. The molecule has 1 aromatic carbocycles. The molecule has 0 saturated heterocycles. The van der Waals surface area contributed by atoms with Crippen molar-refractivity contribution in [2.75, 3.05) is 13.7 Å². The third kappa shape index (κ3) is 3.50. The van der Waals surface area contributed by atoms with Gasteiger partial charge in [-0.25, -0.2) is 4.79 Å². The normalized spacial score (nSPS) is 12.0. The molecule has 1 heterocycles. The summed E-state index contributed by atoms with van der Waals surface area (Å²) in [6.45, 7) is -0.139. The molecule has 1 aromatic heterocycles. The van der Waals surface area contributed by atoms with Crippen molar-refractivity contribution in [2.45, 2.75) is 12.6 Å². The number of amides is 1. The summed E-state index contributed by atoms with van der Waals surface area (Å²) in [5.41, 5.74) is 0.532. The van der Waals surface area contributed by atoms with Crippen LogP contribution >= 0.6 is 0 Å². The molecule has 1 unspecified atom stereocenters. The van der Waals surface area contributed by atoms with Crippen LogP contribution in [0.4, 0.5) is 0 Å². The van der Waals surface area contributed by atoms with Gasteiger partial charge < -0.3 is 19.7 Å². The predicted molar refractivity (Wildman–Crippen MR) is 79.7 cm³/mol. The largest absolute Gasteiger partial charge is 0.479 e. The number of hydrogen-bond acceptors (Lipinski definition) is 4. The van der Waals surface area contributed by atoms with E-state index in [0.29, 0.717) is 10.9 Å². The highest BCUT2D eigenvalue weighted by atomic mass is 16.5. The minimum absolute atomic E-state index is 0.0170. The monoisotopic (exact) mass is 304 g/mol. The van der Waals surface area contributed by atoms with E-state index in [2.05, 4.69) is 5.32 Å². The van der Waals surface area contributed by atoms with E-state index < -0.39 is 12.1 Å². The molecule has 22 heavy (non-hydrogen) atoms. The second-order valence-electron chi connectivity index (χ2n) is 4.69. The van der Waals surface area contributed by atoms with Crippen LogP contribution in [-0.4, -0.2) is 41.3 Å². The molecule has 0 aliphatic rings. The fourth-order valence-electron chi connectivity index (χ4n) is 2.09. The molecule has 116 valence electrons. The Morgan fingerprint density at radius 1 is 1.32 bits per heavy atom. The number of hydrogen-bond donors (Lipinski definition) is 2. The van der Waals surface area contributed by atoms with Crippen LogP contribution in [0, 0.1) is 0 Å². The second-order valence-corrected chi connectivity index (χ2v) is 4.69. The maximum atomic E-state index is 11.9. The molecule has 1 atom stereocenters. The Kier molecular flexibility index (Phi) is 4.90. The molecular formula is C15H16N2O5. The van der Waals surface area contributed by atoms with Crippen molar-refractivity contribution in [3.05, 3.63) is 46.8 Å². The highest BCUT2D eigenvalue weighted by molar-refractivity contribution is 5.82. The van der Waals surface area contributed by atoms with Crippen molar-refractivity contribution >= 4 is 22.8 Å². The topological polar surface area (TPSA) is 97.6 Å². The Morgan fingerprint density at radius 2 is 2.05 bits per heavy atom. The first-order valence-corrected chi connectivity index (χ1v) is 6.63. The summed E-state index contributed by atoms with van der Waals surface area (Å²) in [7, 11) is 1.26. The SMILES string of the molecule is COC(CNC(=O)Cn1ccc(=O)c2ccccc21)C(=O)O. The third-order valence-corrected chi connectivity index (χ3v) is 3.24. The Balaban J connectivity index is 2.11. The molecule has 0 saturated carbocycles. The summed E-state index contributed by atoms with van der Waals surface area (Å²) in [6.07, 6.45) is 0.449. The number of nitrogens with one attached hydrogen (secondary N) is 1. The highest BCUT2D eigenvalue weighted by Gasteiger charge is 2.17. The summed E-state index contributed by atoms with van der Waals surface area (Å²) in [4.78, 5) is 34.5. The number of pyridine rings is 1. The van der Waals surface area contributed by atoms with Crippen molar-refractivity contribution in [3.8, 4) is 0 Å². The number of aromatic nitrogens is 1. The van der Waals surface area contributed by atoms with E-state index >= 15 is 0 Å². The van der Waals surface area contributed by atoms with Gasteiger partial charge in [-0.05, 0) is 12.1 Å². The van der Waals surface area contributed by atoms with Gasteiger partial charge in [-0.2, -0.15) is 0 Å². The van der Waals surface area contributed by atoms with Crippen molar-refractivity contribution in [3.63, 3.8) is 0 Å². The number of benzene rings is 1. The molecule has 0 fully saturated rings. The number of carboxylic acid groups (broad SMARTS) is 1. The number of rotatable bonds is 6. The number of carbonyl (C=O) groups excluding carboxylic acids is 1. The van der Waals surface area contributed by atoms with Gasteiger partial charge in [-0.3, -0.25) is 9.59 Å². The van der Waals surface area contributed by atoms with E-state index in [1.807, 2.05) is 0 Å². The third-order valence-electron chi connectivity index (χ3n) is 3.24. The van der Waals surface area contributed by atoms with E-state index in [9.17, 15) is 14.4 Å². The number of ether oxygens (including phenoxy) is 1. The number of carbonyl (C=O) groups is 2. The molecule has 0 bridgehead atoms. The summed E-state index contributed by atoms with van der Waals surface area (Å²) < 4.78 is 6.37. The number of carboxylic acids is 1. The molecular weight excluding hydrogens is 288 g/mol. The smallest absolute Gasteiger partial charge is 0.334 e. The van der Waals surface area contributed by atoms with Crippen LogP contribution in [0.5, 0.6) is 0 Å². The highest BCUT2D eigenvalue weighted by Crippen LogP contribution is 2.09. The van der Waals surface area contributed by atoms with Crippen LogP contribution in [0.15, 0.2) is 41.3 Å². The molecule has 2 aromatic rings. The van der Waals surface area contributed by atoms with Crippen molar-refractivity contribution in [1.82, 2.24) is 9.88 Å². The maximum absolute atomic E-state index is 11.9. The standard InChI is InChI=1S/C15H16N2O5/c1-22-13(15(20)21)8-16-14(19)9-17-7-6-12(18)10-4-2-3-5-11(10)17/h2-7,13H,8-9H2,1H3,(H,16,19)(H,20,21). The molecule has 1 amide bonds. The lowest BCUT2D eigenvalue weighted by Gasteiger charge is -2.13. The second kappa shape index (κ2) is 6.86. The van der Waals surface area contributed by atoms with Crippen LogP contribution in [0.25, 0.3) is 10.9 Å². The number of fused-ring (bicyclic) bond motifs is 1. The molecule has 7 heteroatoms. The van der Waals surface area contributed by atoms with Gasteiger partial charge in [0.15, 0.2) is 11.5 Å². The van der Waals surface area contributed by atoms with Gasteiger partial charge in [-0.15, -0.1) is 0 Å². The zero-order valence-corrected chi connectivity index (χ0v) is 12.0. The van der Waals surface area contributed by atoms with Crippen LogP contribution in [0.3, 0.4) is 0 Å². The Hall–Kier alpha value is -2.67. The predicted octanol–water partition coefficient (Wildman–Crippen LogP) is 0.217. The summed E-state index contributed by atoms with van der Waals surface area (Å²) in [5.74, 6) is -1.51. The minimum Gasteiger partial charge on any atom is -0.479 e. The summed E-state index contributed by atoms with van der Waals surface area (Å²) in [6, 6.07) is 8.37. The average molecular weight is 304 g/mol. The van der Waals surface area contributed by atoms with Crippen molar-refractivity contribution < 1.29 is 19.4 Å². The average Bonchev–Trinajstić information content (AvgIpc) is 2.50. The van der Waals surface area contributed by atoms with Gasteiger partial charge in [-0.1, -0.05) is 12.1 Å². The number of methoxy groups -OCH3 is 1. The van der Waals surface area contributed by atoms with Crippen LogP contribution < -0.4 is 10.7 Å². The van der Waals surface area contributed by atoms with Crippen molar-refractivity contribution in [2.24, 2.45) is 0 Å². The lowest BCUT2D eigenvalue weighted by molar-refractivity contribution is -0.148.